The van der Waals surface area contributed by atoms with Gasteiger partial charge in [-0.3, -0.25) is 0 Å². The van der Waals surface area contributed by atoms with E-state index in [2.05, 4.69) is 86.6 Å². The molecular formula is C27H21Cl. The van der Waals surface area contributed by atoms with E-state index in [0.29, 0.717) is 0 Å². The Morgan fingerprint density at radius 2 is 1.29 bits per heavy atom. The Hall–Kier alpha value is -2.83. The van der Waals surface area contributed by atoms with Gasteiger partial charge in [-0.05, 0) is 62.7 Å². The normalized spacial score (nSPS) is 13.8. The van der Waals surface area contributed by atoms with Crippen LogP contribution >= 0.6 is 11.6 Å². The lowest BCUT2D eigenvalue weighted by molar-refractivity contribution is 0.660. The van der Waals surface area contributed by atoms with Gasteiger partial charge in [-0.2, -0.15) is 0 Å². The molecular weight excluding hydrogens is 360 g/mol. The highest BCUT2D eigenvalue weighted by molar-refractivity contribution is 6.30. The minimum atomic E-state index is -0.0116. The molecule has 1 heteroatoms. The molecule has 0 atom stereocenters. The van der Waals surface area contributed by atoms with E-state index in [0.717, 1.165) is 10.6 Å². The minimum absolute atomic E-state index is 0.0116. The Morgan fingerprint density at radius 1 is 0.571 bits per heavy atom. The molecule has 0 bridgehead atoms. The van der Waals surface area contributed by atoms with Crippen LogP contribution in [0.3, 0.4) is 0 Å². The maximum absolute atomic E-state index is 6.24. The SMILES string of the molecule is CC1(C)c2ccc(-c3cccc(Cl)c3)cc2-c2c(-c3ccccc3)cccc21. The molecule has 5 rings (SSSR count). The highest BCUT2D eigenvalue weighted by Gasteiger charge is 2.36. The topological polar surface area (TPSA) is 0 Å². The Kier molecular flexibility index (Phi) is 3.92. The highest BCUT2D eigenvalue weighted by Crippen LogP contribution is 2.52. The summed E-state index contributed by atoms with van der Waals surface area (Å²) in [7, 11) is 0. The smallest absolute Gasteiger partial charge is 0.0412 e. The number of rotatable bonds is 2. The molecule has 0 saturated heterocycles. The van der Waals surface area contributed by atoms with Gasteiger partial charge in [0.05, 0.1) is 0 Å². The first kappa shape index (κ1) is 17.3. The predicted molar refractivity (Wildman–Crippen MR) is 120 cm³/mol. The van der Waals surface area contributed by atoms with Crippen LogP contribution in [0.25, 0.3) is 33.4 Å². The first-order valence-corrected chi connectivity index (χ1v) is 10.0. The number of hydrogen-bond donors (Lipinski definition) is 0. The van der Waals surface area contributed by atoms with Crippen molar-refractivity contribution in [2.75, 3.05) is 0 Å². The molecule has 0 radical (unpaired) electrons. The van der Waals surface area contributed by atoms with Crippen molar-refractivity contribution in [3.63, 3.8) is 0 Å². The summed E-state index contributed by atoms with van der Waals surface area (Å²) < 4.78 is 0. The number of fused-ring (bicyclic) bond motifs is 3. The van der Waals surface area contributed by atoms with Gasteiger partial charge in [-0.1, -0.05) is 98.2 Å². The van der Waals surface area contributed by atoms with Crippen LogP contribution in [0.4, 0.5) is 0 Å². The lowest BCUT2D eigenvalue weighted by Gasteiger charge is -2.21. The van der Waals surface area contributed by atoms with Crippen molar-refractivity contribution in [1.82, 2.24) is 0 Å². The summed E-state index contributed by atoms with van der Waals surface area (Å²) in [6.07, 6.45) is 0. The molecule has 0 saturated carbocycles. The van der Waals surface area contributed by atoms with E-state index >= 15 is 0 Å². The van der Waals surface area contributed by atoms with Gasteiger partial charge in [0.1, 0.15) is 0 Å². The quantitative estimate of drug-likeness (QED) is 0.330. The first-order valence-electron chi connectivity index (χ1n) is 9.65. The van der Waals surface area contributed by atoms with Crippen molar-refractivity contribution >= 4 is 11.6 Å². The summed E-state index contributed by atoms with van der Waals surface area (Å²) in [5.41, 5.74) is 10.4. The second kappa shape index (κ2) is 6.36. The molecule has 0 unspecified atom stereocenters. The van der Waals surface area contributed by atoms with Gasteiger partial charge in [0.25, 0.3) is 0 Å². The van der Waals surface area contributed by atoms with Gasteiger partial charge in [-0.25, -0.2) is 0 Å². The van der Waals surface area contributed by atoms with Crippen LogP contribution < -0.4 is 0 Å². The minimum Gasteiger partial charge on any atom is -0.0843 e. The monoisotopic (exact) mass is 380 g/mol. The molecule has 1 aliphatic rings. The van der Waals surface area contributed by atoms with E-state index in [1.165, 1.54) is 38.9 Å². The molecule has 28 heavy (non-hydrogen) atoms. The lowest BCUT2D eigenvalue weighted by atomic mass is 9.81. The first-order chi connectivity index (χ1) is 13.6. The molecule has 0 fully saturated rings. The van der Waals surface area contributed by atoms with Crippen LogP contribution in [0.5, 0.6) is 0 Å². The van der Waals surface area contributed by atoms with Crippen molar-refractivity contribution in [2.45, 2.75) is 19.3 Å². The fourth-order valence-electron chi connectivity index (χ4n) is 4.51. The zero-order valence-electron chi connectivity index (χ0n) is 16.0. The zero-order chi connectivity index (χ0) is 19.3. The Labute approximate surface area is 171 Å². The van der Waals surface area contributed by atoms with Gasteiger partial charge >= 0.3 is 0 Å². The van der Waals surface area contributed by atoms with E-state index in [9.17, 15) is 0 Å². The van der Waals surface area contributed by atoms with Gasteiger partial charge in [0.2, 0.25) is 0 Å². The van der Waals surface area contributed by atoms with Crippen LogP contribution in [-0.2, 0) is 5.41 Å². The van der Waals surface area contributed by atoms with E-state index < -0.39 is 0 Å². The second-order valence-corrected chi connectivity index (χ2v) is 8.43. The van der Waals surface area contributed by atoms with E-state index in [1.54, 1.807) is 0 Å². The molecule has 4 aromatic rings. The Balaban J connectivity index is 1.78. The molecule has 0 aromatic heterocycles. The summed E-state index contributed by atoms with van der Waals surface area (Å²) >= 11 is 6.24. The van der Waals surface area contributed by atoms with Gasteiger partial charge < -0.3 is 0 Å². The van der Waals surface area contributed by atoms with Crippen molar-refractivity contribution in [2.24, 2.45) is 0 Å². The standard InChI is InChI=1S/C27H21Cl/c1-27(2)24-15-14-20(19-10-6-11-21(28)16-19)17-23(24)26-22(12-7-13-25(26)27)18-8-4-3-5-9-18/h3-17H,1-2H3. The van der Waals surface area contributed by atoms with E-state index in [1.807, 2.05) is 18.2 Å². The lowest BCUT2D eigenvalue weighted by Crippen LogP contribution is -2.14. The number of hydrogen-bond acceptors (Lipinski definition) is 0. The van der Waals surface area contributed by atoms with Crippen LogP contribution in [0.1, 0.15) is 25.0 Å². The molecule has 0 spiro atoms. The van der Waals surface area contributed by atoms with Crippen molar-refractivity contribution in [3.05, 3.63) is 107 Å². The summed E-state index contributed by atoms with van der Waals surface area (Å²) in [5.74, 6) is 0. The summed E-state index contributed by atoms with van der Waals surface area (Å²) in [6, 6.07) is 32.3. The molecule has 1 aliphatic carbocycles. The molecule has 0 nitrogen and oxygen atoms in total. The highest BCUT2D eigenvalue weighted by atomic mass is 35.5. The fourth-order valence-corrected chi connectivity index (χ4v) is 4.70. The Bertz CT molecular complexity index is 1190. The third kappa shape index (κ3) is 2.60. The summed E-state index contributed by atoms with van der Waals surface area (Å²) in [4.78, 5) is 0. The average Bonchev–Trinajstić information content (AvgIpc) is 2.96. The maximum atomic E-state index is 6.24. The summed E-state index contributed by atoms with van der Waals surface area (Å²) in [5, 5.41) is 0.767. The zero-order valence-corrected chi connectivity index (χ0v) is 16.8. The molecule has 136 valence electrons. The average molecular weight is 381 g/mol. The van der Waals surface area contributed by atoms with Crippen molar-refractivity contribution in [1.29, 1.82) is 0 Å². The number of halogens is 1. The van der Waals surface area contributed by atoms with Crippen LogP contribution in [-0.4, -0.2) is 0 Å². The fraction of sp³-hybridized carbons (Fsp3) is 0.111. The van der Waals surface area contributed by atoms with Crippen LogP contribution in [0.2, 0.25) is 5.02 Å². The van der Waals surface area contributed by atoms with Crippen LogP contribution in [0, 0.1) is 0 Å². The predicted octanol–water partition coefficient (Wildman–Crippen LogP) is 7.98. The molecule has 0 aliphatic heterocycles. The molecule has 4 aromatic carbocycles. The summed E-state index contributed by atoms with van der Waals surface area (Å²) in [6.45, 7) is 4.65. The van der Waals surface area contributed by atoms with Gasteiger partial charge in [0, 0.05) is 10.4 Å². The van der Waals surface area contributed by atoms with Gasteiger partial charge in [0.15, 0.2) is 0 Å². The second-order valence-electron chi connectivity index (χ2n) is 7.99. The molecule has 0 amide bonds. The Morgan fingerprint density at radius 3 is 2.07 bits per heavy atom. The molecule has 0 N–H and O–H groups in total. The maximum Gasteiger partial charge on any atom is 0.0412 e. The van der Waals surface area contributed by atoms with E-state index in [-0.39, 0.29) is 5.41 Å². The third-order valence-electron chi connectivity index (χ3n) is 5.94. The largest absolute Gasteiger partial charge is 0.0843 e. The van der Waals surface area contributed by atoms with Crippen molar-refractivity contribution in [3.8, 4) is 33.4 Å². The third-order valence-corrected chi connectivity index (χ3v) is 6.18. The number of benzene rings is 4. The van der Waals surface area contributed by atoms with E-state index in [4.69, 9.17) is 11.6 Å². The van der Waals surface area contributed by atoms with Crippen LogP contribution in [0.15, 0.2) is 91.0 Å². The van der Waals surface area contributed by atoms with Gasteiger partial charge in [-0.15, -0.1) is 0 Å². The van der Waals surface area contributed by atoms with Crippen molar-refractivity contribution < 1.29 is 0 Å². The molecule has 0 heterocycles.